The first kappa shape index (κ1) is 48.3. The Morgan fingerprint density at radius 2 is 0.506 bits per heavy atom. The van der Waals surface area contributed by atoms with E-state index in [2.05, 4.69) is 315 Å². The molecule has 0 unspecified atom stereocenters. The molecular formula is C80H52O2Si. The van der Waals surface area contributed by atoms with Crippen LogP contribution < -0.4 is 20.7 Å². The van der Waals surface area contributed by atoms with Crippen molar-refractivity contribution in [1.29, 1.82) is 0 Å². The molecule has 0 fully saturated rings. The van der Waals surface area contributed by atoms with Gasteiger partial charge in [0.15, 0.2) is 8.07 Å². The predicted octanol–water partition coefficient (Wildman–Crippen LogP) is 19.2. The lowest BCUT2D eigenvalue weighted by atomic mass is 9.95. The van der Waals surface area contributed by atoms with Crippen LogP contribution in [0.5, 0.6) is 0 Å². The second-order valence-electron chi connectivity index (χ2n) is 21.9. The van der Waals surface area contributed by atoms with Crippen LogP contribution in [0, 0.1) is 0 Å². The summed E-state index contributed by atoms with van der Waals surface area (Å²) < 4.78 is 13.9. The molecule has 2 heterocycles. The van der Waals surface area contributed by atoms with Gasteiger partial charge in [0.05, 0.1) is 0 Å². The van der Waals surface area contributed by atoms with Gasteiger partial charge in [0.1, 0.15) is 22.3 Å². The van der Waals surface area contributed by atoms with Crippen LogP contribution in [0.2, 0.25) is 0 Å². The van der Waals surface area contributed by atoms with Crippen LogP contribution in [0.3, 0.4) is 0 Å². The van der Waals surface area contributed by atoms with Gasteiger partial charge in [-0.1, -0.05) is 267 Å². The van der Waals surface area contributed by atoms with Gasteiger partial charge in [-0.15, -0.1) is 0 Å². The summed E-state index contributed by atoms with van der Waals surface area (Å²) in [5.74, 6) is 0. The molecule has 0 radical (unpaired) electrons. The highest BCUT2D eigenvalue weighted by molar-refractivity contribution is 7.20. The summed E-state index contributed by atoms with van der Waals surface area (Å²) in [5, 5.41) is 14.5. The van der Waals surface area contributed by atoms with Crippen molar-refractivity contribution in [3.63, 3.8) is 0 Å². The SMILES string of the molecule is c1ccc(-c2ccc3oc4c(-c5ccc([Si](c6ccc(-c7cc(-c8ccccc8)cc8c7oc7ccc(-c9ccccc9)cc78)cc6)(c6ccc7ccccc7c6)c6ccc7ccccc7c6)cc5)cc(-c5ccccc5)cc4c3c2)cc1. The van der Waals surface area contributed by atoms with E-state index < -0.39 is 8.07 Å². The smallest absolute Gasteiger partial charge is 0.179 e. The maximum absolute atomic E-state index is 6.96. The quantitative estimate of drug-likeness (QED) is 0.101. The molecule has 83 heavy (non-hydrogen) atoms. The first-order valence-electron chi connectivity index (χ1n) is 28.5. The Morgan fingerprint density at radius 3 is 0.892 bits per heavy atom. The van der Waals surface area contributed by atoms with Crippen molar-refractivity contribution in [1.82, 2.24) is 0 Å². The van der Waals surface area contributed by atoms with Crippen LogP contribution in [0.4, 0.5) is 0 Å². The predicted molar refractivity (Wildman–Crippen MR) is 352 cm³/mol. The van der Waals surface area contributed by atoms with Gasteiger partial charge in [-0.2, -0.15) is 0 Å². The minimum Gasteiger partial charge on any atom is -0.455 e. The average molecular weight is 1070 g/mol. The zero-order valence-corrected chi connectivity index (χ0v) is 46.3. The average Bonchev–Trinajstić information content (AvgIpc) is 3.61. The van der Waals surface area contributed by atoms with Gasteiger partial charge in [-0.3, -0.25) is 0 Å². The second-order valence-corrected chi connectivity index (χ2v) is 25.7. The third kappa shape index (κ3) is 8.32. The Bertz CT molecular complexity index is 4780. The fourth-order valence-corrected chi connectivity index (χ4v) is 17.8. The number of fused-ring (bicyclic) bond motifs is 8. The fourth-order valence-electron chi connectivity index (χ4n) is 13.0. The molecule has 16 aromatic rings. The van der Waals surface area contributed by atoms with Gasteiger partial charge < -0.3 is 8.83 Å². The minimum atomic E-state index is -3.19. The highest BCUT2D eigenvalue weighted by Gasteiger charge is 2.42. The van der Waals surface area contributed by atoms with E-state index in [1.807, 2.05) is 0 Å². The van der Waals surface area contributed by atoms with Gasteiger partial charge in [-0.05, 0) is 146 Å². The summed E-state index contributed by atoms with van der Waals surface area (Å²) in [6, 6.07) is 116. The van der Waals surface area contributed by atoms with E-state index in [0.717, 1.165) is 99.5 Å². The molecule has 0 aliphatic heterocycles. The lowest BCUT2D eigenvalue weighted by molar-refractivity contribution is 0.669. The van der Waals surface area contributed by atoms with Gasteiger partial charge >= 0.3 is 0 Å². The maximum atomic E-state index is 6.96. The largest absolute Gasteiger partial charge is 0.455 e. The van der Waals surface area contributed by atoms with Crippen molar-refractivity contribution >= 4 is 94.2 Å². The van der Waals surface area contributed by atoms with Crippen LogP contribution >= 0.6 is 0 Å². The monoisotopic (exact) mass is 1070 g/mol. The van der Waals surface area contributed by atoms with Crippen molar-refractivity contribution in [3.05, 3.63) is 315 Å². The third-order valence-corrected chi connectivity index (χ3v) is 21.9. The van der Waals surface area contributed by atoms with Crippen LogP contribution in [0.1, 0.15) is 0 Å². The van der Waals surface area contributed by atoms with E-state index in [-0.39, 0.29) is 0 Å². The van der Waals surface area contributed by atoms with Crippen molar-refractivity contribution < 1.29 is 8.83 Å². The molecule has 3 heteroatoms. The van der Waals surface area contributed by atoms with Crippen molar-refractivity contribution in [2.75, 3.05) is 0 Å². The summed E-state index contributed by atoms with van der Waals surface area (Å²) >= 11 is 0. The molecule has 0 bridgehead atoms. The zero-order chi connectivity index (χ0) is 54.8. The molecule has 0 aliphatic rings. The molecule has 2 aromatic heterocycles. The number of hydrogen-bond acceptors (Lipinski definition) is 2. The first-order valence-corrected chi connectivity index (χ1v) is 30.5. The summed E-state index contributed by atoms with van der Waals surface area (Å²) in [6.45, 7) is 0. The molecule has 0 saturated carbocycles. The molecule has 0 aliphatic carbocycles. The number of benzene rings is 14. The van der Waals surface area contributed by atoms with Crippen LogP contribution in [-0.4, -0.2) is 8.07 Å². The Labute approximate surface area is 482 Å². The number of rotatable bonds is 10. The standard InChI is InChI=1S/C80H52O2Si/c1-5-17-53(18-6-1)63-35-43-77-73(47-63)75-51-65(55-21-9-3-10-22-55)49-71(79(75)81-77)59-31-37-67(38-32-59)83(69-41-29-57-25-13-15-27-61(57)45-69,70-42-30-58-26-14-16-28-62(58)46-70)68-39-33-60(34-40-68)72-50-66(56-23-11-4-12-24-56)52-76-74-48-64(54-19-7-2-8-20-54)36-44-78(74)82-80(72)76/h1-52H. The summed E-state index contributed by atoms with van der Waals surface area (Å²) in [4.78, 5) is 0. The van der Waals surface area contributed by atoms with E-state index in [1.54, 1.807) is 0 Å². The third-order valence-electron chi connectivity index (χ3n) is 17.2. The van der Waals surface area contributed by atoms with Gasteiger partial charge in [0.2, 0.25) is 0 Å². The number of furan rings is 2. The van der Waals surface area contributed by atoms with E-state index in [0.29, 0.717) is 0 Å². The number of hydrogen-bond donors (Lipinski definition) is 0. The van der Waals surface area contributed by atoms with Crippen LogP contribution in [-0.2, 0) is 0 Å². The van der Waals surface area contributed by atoms with E-state index in [4.69, 9.17) is 8.83 Å². The van der Waals surface area contributed by atoms with Crippen LogP contribution in [0.15, 0.2) is 324 Å². The summed E-state index contributed by atoms with van der Waals surface area (Å²) in [5.41, 5.74) is 17.1. The zero-order valence-electron chi connectivity index (χ0n) is 45.3. The molecule has 16 rings (SSSR count). The van der Waals surface area contributed by atoms with E-state index in [1.165, 1.54) is 53.4 Å². The Kier molecular flexibility index (Phi) is 11.6. The fraction of sp³-hybridized carbons (Fsp3) is 0. The van der Waals surface area contributed by atoms with Gasteiger partial charge in [0, 0.05) is 32.7 Å². The molecule has 14 aromatic carbocycles. The Morgan fingerprint density at radius 1 is 0.193 bits per heavy atom. The topological polar surface area (TPSA) is 26.3 Å². The first-order chi connectivity index (χ1) is 41.1. The molecule has 0 saturated heterocycles. The van der Waals surface area contributed by atoms with E-state index >= 15 is 0 Å². The highest BCUT2D eigenvalue weighted by atomic mass is 28.3. The molecule has 2 nitrogen and oxygen atoms in total. The van der Waals surface area contributed by atoms with Crippen molar-refractivity contribution in [3.8, 4) is 66.8 Å². The van der Waals surface area contributed by atoms with Gasteiger partial charge in [0.25, 0.3) is 0 Å². The van der Waals surface area contributed by atoms with E-state index in [9.17, 15) is 0 Å². The summed E-state index contributed by atoms with van der Waals surface area (Å²) in [7, 11) is -3.19. The molecule has 0 N–H and O–H groups in total. The van der Waals surface area contributed by atoms with Crippen molar-refractivity contribution in [2.45, 2.75) is 0 Å². The lowest BCUT2D eigenvalue weighted by Crippen LogP contribution is -2.74. The molecule has 388 valence electrons. The second kappa shape index (κ2) is 19.9. The highest BCUT2D eigenvalue weighted by Crippen LogP contribution is 2.43. The molecular weight excluding hydrogens is 1020 g/mol. The van der Waals surface area contributed by atoms with Crippen LogP contribution in [0.25, 0.3) is 132 Å². The normalized spacial score (nSPS) is 11.9. The minimum absolute atomic E-state index is 0.871. The van der Waals surface area contributed by atoms with Gasteiger partial charge in [-0.25, -0.2) is 0 Å². The molecule has 0 atom stereocenters. The lowest BCUT2D eigenvalue weighted by Gasteiger charge is -2.35. The molecule has 0 spiro atoms. The maximum Gasteiger partial charge on any atom is 0.179 e. The summed E-state index contributed by atoms with van der Waals surface area (Å²) in [6.07, 6.45) is 0. The van der Waals surface area contributed by atoms with Crippen molar-refractivity contribution in [2.24, 2.45) is 0 Å². The Balaban J connectivity index is 0.909. The molecule has 0 amide bonds. The Hall–Kier alpha value is -10.6.